The zero-order chi connectivity index (χ0) is 54.3. The molecule has 2 aliphatic rings. The van der Waals surface area contributed by atoms with Crippen LogP contribution in [0.3, 0.4) is 0 Å². The van der Waals surface area contributed by atoms with Crippen LogP contribution < -0.4 is 38.5 Å². The largest absolute Gasteiger partial charge is 0.478 e. The molecule has 0 saturated carbocycles. The molecule has 0 radical (unpaired) electrons. The molecule has 0 unspecified atom stereocenters. The minimum atomic E-state index is -0.946. The molecule has 0 bridgehead atoms. The van der Waals surface area contributed by atoms with Gasteiger partial charge in [-0.15, -0.1) is 0 Å². The van der Waals surface area contributed by atoms with Gasteiger partial charge in [0.05, 0.1) is 16.3 Å². The molecule has 8 rings (SSSR count). The normalized spacial score (nSPS) is 14.3. The van der Waals surface area contributed by atoms with E-state index in [4.69, 9.17) is 26.0 Å². The van der Waals surface area contributed by atoms with Gasteiger partial charge in [0.15, 0.2) is 0 Å². The van der Waals surface area contributed by atoms with Gasteiger partial charge in [-0.05, 0) is 114 Å². The first-order valence-electron chi connectivity index (χ1n) is 25.1. The number of amides is 3. The second-order valence-corrected chi connectivity index (χ2v) is 20.3. The van der Waals surface area contributed by atoms with Crippen LogP contribution in [0.4, 0.5) is 21.5 Å². The molecule has 6 heterocycles. The van der Waals surface area contributed by atoms with Crippen LogP contribution in [0, 0.1) is 0 Å². The smallest absolute Gasteiger partial charge is 0.407 e. The number of nitrogens with two attached hydrogens (primary N) is 2. The van der Waals surface area contributed by atoms with Gasteiger partial charge in [-0.3, -0.25) is 34.2 Å². The Balaban J connectivity index is 0.000000203. The highest BCUT2D eigenvalue weighted by atomic mass is 16.6. The Morgan fingerprint density at radius 1 is 0.613 bits per heavy atom. The number of aryl methyl sites for hydroxylation is 4. The molecule has 2 fully saturated rings. The number of aromatic amines is 4. The molecule has 12 N–H and O–H groups in total. The van der Waals surface area contributed by atoms with Crippen molar-refractivity contribution in [1.82, 2.24) is 60.6 Å². The van der Waals surface area contributed by atoms with E-state index in [2.05, 4.69) is 55.7 Å². The molecule has 75 heavy (non-hydrogen) atoms. The van der Waals surface area contributed by atoms with E-state index in [1.807, 2.05) is 70.7 Å². The number of fused-ring (bicyclic) bond motifs is 2. The molecule has 6 aromatic rings. The van der Waals surface area contributed by atoms with Crippen molar-refractivity contribution in [1.29, 1.82) is 0 Å². The van der Waals surface area contributed by atoms with Crippen molar-refractivity contribution in [2.45, 2.75) is 78.4 Å². The third-order valence-electron chi connectivity index (χ3n) is 12.1. The van der Waals surface area contributed by atoms with Crippen LogP contribution in [-0.4, -0.2) is 164 Å². The number of piperazine rings is 2. The summed E-state index contributed by atoms with van der Waals surface area (Å²) in [5.41, 5.74) is 15.3. The van der Waals surface area contributed by atoms with E-state index in [1.54, 1.807) is 36.7 Å². The average Bonchev–Trinajstić information content (AvgIpc) is 3.96. The SMILES string of the molecule is CC(C)(C)OC(=O)NCCN1CCN(C(=O)c2ccc(CCc3c[nH]c4nc(N)[nH]c(=O)c34)cc2)CC1.CC(C)(C)OC(=O)NCCN1CCNCC1.Nc1nc2[nH]cc(CCc3ccc(C(=O)O)cc3)c2c(=O)[nH]1. The Morgan fingerprint density at radius 3 is 1.44 bits per heavy atom. The molecular formula is C52H72N14O9. The summed E-state index contributed by atoms with van der Waals surface area (Å²) >= 11 is 0. The van der Waals surface area contributed by atoms with E-state index in [0.717, 1.165) is 74.5 Å². The van der Waals surface area contributed by atoms with E-state index < -0.39 is 23.3 Å². The van der Waals surface area contributed by atoms with Gasteiger partial charge in [0.2, 0.25) is 11.9 Å². The maximum Gasteiger partial charge on any atom is 0.407 e. The monoisotopic (exact) mass is 1040 g/mol. The molecule has 0 atom stereocenters. The highest BCUT2D eigenvalue weighted by Gasteiger charge is 2.23. The summed E-state index contributed by atoms with van der Waals surface area (Å²) in [6.45, 7) is 20.8. The van der Waals surface area contributed by atoms with E-state index in [9.17, 15) is 28.8 Å². The number of benzene rings is 2. The van der Waals surface area contributed by atoms with Crippen molar-refractivity contribution in [3.05, 3.63) is 115 Å². The van der Waals surface area contributed by atoms with Crippen molar-refractivity contribution in [2.24, 2.45) is 0 Å². The molecule has 2 aromatic carbocycles. The number of hydrogen-bond acceptors (Lipinski definition) is 15. The maximum absolute atomic E-state index is 13.0. The lowest BCUT2D eigenvalue weighted by atomic mass is 10.0. The van der Waals surface area contributed by atoms with Crippen LogP contribution >= 0.6 is 0 Å². The number of ether oxygens (including phenoxy) is 2. The first kappa shape index (κ1) is 56.5. The Morgan fingerprint density at radius 2 is 1.03 bits per heavy atom. The molecule has 23 heteroatoms. The summed E-state index contributed by atoms with van der Waals surface area (Å²) in [4.78, 5) is 96.7. The molecule has 3 amide bonds. The predicted octanol–water partition coefficient (Wildman–Crippen LogP) is 3.63. The third-order valence-corrected chi connectivity index (χ3v) is 12.1. The van der Waals surface area contributed by atoms with Crippen LogP contribution in [0.25, 0.3) is 22.1 Å². The van der Waals surface area contributed by atoms with Gasteiger partial charge in [0.25, 0.3) is 17.0 Å². The number of anilines is 2. The zero-order valence-electron chi connectivity index (χ0n) is 43.7. The lowest BCUT2D eigenvalue weighted by Crippen LogP contribution is -2.50. The fourth-order valence-corrected chi connectivity index (χ4v) is 8.37. The van der Waals surface area contributed by atoms with Gasteiger partial charge in [0.1, 0.15) is 22.5 Å². The summed E-state index contributed by atoms with van der Waals surface area (Å²) in [7, 11) is 0. The predicted molar refractivity (Wildman–Crippen MR) is 287 cm³/mol. The molecular weight excluding hydrogens is 965 g/mol. The van der Waals surface area contributed by atoms with Gasteiger partial charge in [-0.1, -0.05) is 24.3 Å². The van der Waals surface area contributed by atoms with Crippen LogP contribution in [-0.2, 0) is 35.2 Å². The van der Waals surface area contributed by atoms with Crippen LogP contribution in [0.15, 0.2) is 70.5 Å². The average molecular weight is 1040 g/mol. The van der Waals surface area contributed by atoms with Crippen LogP contribution in [0.2, 0.25) is 0 Å². The highest BCUT2D eigenvalue weighted by Crippen LogP contribution is 2.19. The summed E-state index contributed by atoms with van der Waals surface area (Å²) in [6.07, 6.45) is 5.51. The maximum atomic E-state index is 13.0. The zero-order valence-corrected chi connectivity index (χ0v) is 43.7. The second kappa shape index (κ2) is 25.9. The topological polar surface area (TPSA) is 328 Å². The van der Waals surface area contributed by atoms with Crippen molar-refractivity contribution >= 4 is 58.0 Å². The van der Waals surface area contributed by atoms with E-state index in [0.29, 0.717) is 79.6 Å². The number of alkyl carbamates (subject to hydrolysis) is 2. The number of aromatic nitrogens is 6. The fraction of sp³-hybridized carbons (Fsp3) is 0.462. The van der Waals surface area contributed by atoms with Gasteiger partial charge in [-0.2, -0.15) is 9.97 Å². The summed E-state index contributed by atoms with van der Waals surface area (Å²) in [5, 5.41) is 18.7. The molecule has 0 spiro atoms. The standard InChI is InChI=1S/C26H35N7O4.C15H14N4O3.C11H23N3O2/c1-26(2,3)37-25(36)28-10-11-32-12-14-33(15-13-32)23(35)18-7-4-17(5-8-18)6-9-19-16-29-21-20(19)22(34)31-24(27)30-21;16-15-18-12-11(13(20)19-15)10(7-17-12)6-3-8-1-4-9(5-2-8)14(21)22;1-11(2,3)16-10(15)13-6-9-14-7-4-12-5-8-14/h4-5,7-8,16H,6,9-15H2,1-3H3,(H,28,36)(H4,27,29,30,31,34);1-2,4-5,7H,3,6H2,(H,21,22)(H4,16,17,18,19,20);12H,4-9H2,1-3H3,(H,13,15). The molecule has 4 aromatic heterocycles. The minimum absolute atomic E-state index is 0.0184. The van der Waals surface area contributed by atoms with Crippen molar-refractivity contribution < 1.29 is 33.8 Å². The molecule has 0 aliphatic carbocycles. The number of rotatable bonds is 14. The van der Waals surface area contributed by atoms with E-state index in [1.165, 1.54) is 0 Å². The number of H-pyrrole nitrogens is 4. The number of carboxylic acid groups (broad SMARTS) is 1. The fourth-order valence-electron chi connectivity index (χ4n) is 8.37. The van der Waals surface area contributed by atoms with E-state index >= 15 is 0 Å². The molecule has 2 saturated heterocycles. The van der Waals surface area contributed by atoms with Gasteiger partial charge in [-0.25, -0.2) is 14.4 Å². The number of carbonyl (C=O) groups excluding carboxylic acids is 3. The quantitative estimate of drug-likeness (QED) is 0.0745. The minimum Gasteiger partial charge on any atom is -0.478 e. The number of nitrogens with zero attached hydrogens (tertiary/aromatic N) is 5. The number of hydrogen-bond donors (Lipinski definition) is 10. The lowest BCUT2D eigenvalue weighted by molar-refractivity contribution is 0.0503. The van der Waals surface area contributed by atoms with Crippen LogP contribution in [0.1, 0.15) is 84.5 Å². The number of carboxylic acids is 1. The summed E-state index contributed by atoms with van der Waals surface area (Å²) in [5.74, 6) is -0.763. The molecule has 404 valence electrons. The summed E-state index contributed by atoms with van der Waals surface area (Å²) in [6, 6.07) is 14.3. The number of nitrogen functional groups attached to an aromatic ring is 2. The Labute approximate surface area is 434 Å². The Bertz CT molecular complexity index is 2970. The first-order valence-corrected chi connectivity index (χ1v) is 25.1. The van der Waals surface area contributed by atoms with Crippen molar-refractivity contribution in [2.75, 3.05) is 90.0 Å². The number of carbonyl (C=O) groups is 4. The first-order chi connectivity index (χ1) is 35.6. The summed E-state index contributed by atoms with van der Waals surface area (Å²) < 4.78 is 10.4. The van der Waals surface area contributed by atoms with Gasteiger partial charge in [0, 0.05) is 96.5 Å². The third kappa shape index (κ3) is 17.7. The van der Waals surface area contributed by atoms with Crippen LogP contribution in [0.5, 0.6) is 0 Å². The second-order valence-electron chi connectivity index (χ2n) is 20.3. The number of nitrogens with one attached hydrogen (secondary N) is 7. The highest BCUT2D eigenvalue weighted by molar-refractivity contribution is 5.94. The Kier molecular flexibility index (Phi) is 19.6. The molecule has 2 aliphatic heterocycles. The molecule has 23 nitrogen and oxygen atoms in total. The Hall–Kier alpha value is -7.76. The van der Waals surface area contributed by atoms with Crippen molar-refractivity contribution in [3.8, 4) is 0 Å². The van der Waals surface area contributed by atoms with Gasteiger partial charge >= 0.3 is 18.2 Å². The van der Waals surface area contributed by atoms with Gasteiger partial charge < -0.3 is 56.9 Å². The number of aromatic carboxylic acids is 1. The van der Waals surface area contributed by atoms with Crippen molar-refractivity contribution in [3.63, 3.8) is 0 Å². The van der Waals surface area contributed by atoms with E-state index in [-0.39, 0.29) is 40.6 Å². The lowest BCUT2D eigenvalue weighted by Gasteiger charge is -2.34.